The molecule has 2 aromatic rings. The van der Waals surface area contributed by atoms with Crippen LogP contribution >= 0.6 is 0 Å². The molecule has 0 aliphatic carbocycles. The zero-order chi connectivity index (χ0) is 14.4. The quantitative estimate of drug-likeness (QED) is 0.854. The largest absolute Gasteiger partial charge is 0.381 e. The van der Waals surface area contributed by atoms with E-state index >= 15 is 0 Å². The van der Waals surface area contributed by atoms with E-state index in [0.29, 0.717) is 0 Å². The number of para-hydroxylation sites is 1. The average Bonchev–Trinajstić information content (AvgIpc) is 2.46. The van der Waals surface area contributed by atoms with E-state index in [1.54, 1.807) is 0 Å². The minimum Gasteiger partial charge on any atom is -0.381 e. The van der Waals surface area contributed by atoms with Crippen molar-refractivity contribution in [3.63, 3.8) is 0 Å². The third-order valence-corrected chi connectivity index (χ3v) is 3.42. The number of benzene rings is 2. The Morgan fingerprint density at radius 1 is 0.900 bits per heavy atom. The summed E-state index contributed by atoms with van der Waals surface area (Å²) in [6.45, 7) is 4.01. The molecule has 0 fully saturated rings. The van der Waals surface area contributed by atoms with Gasteiger partial charge in [-0.1, -0.05) is 49.4 Å². The predicted octanol–water partition coefficient (Wildman–Crippen LogP) is 3.92. The Bertz CT molecular complexity index is 529. The lowest BCUT2D eigenvalue weighted by molar-refractivity contribution is 0.403. The molecule has 0 bridgehead atoms. The van der Waals surface area contributed by atoms with Crippen molar-refractivity contribution in [1.82, 2.24) is 4.90 Å². The van der Waals surface area contributed by atoms with Crippen molar-refractivity contribution in [3.8, 4) is 0 Å². The van der Waals surface area contributed by atoms with Crippen molar-refractivity contribution in [1.29, 1.82) is 0 Å². The van der Waals surface area contributed by atoms with Gasteiger partial charge in [0.25, 0.3) is 0 Å². The Morgan fingerprint density at radius 3 is 2.20 bits per heavy atom. The fourth-order valence-electron chi connectivity index (χ4n) is 2.26. The topological polar surface area (TPSA) is 15.3 Å². The van der Waals surface area contributed by atoms with Gasteiger partial charge in [-0.05, 0) is 43.3 Å². The van der Waals surface area contributed by atoms with Gasteiger partial charge in [-0.15, -0.1) is 0 Å². The first kappa shape index (κ1) is 14.6. The molecule has 0 heterocycles. The summed E-state index contributed by atoms with van der Waals surface area (Å²) in [4.78, 5) is 2.19. The fraction of sp³-hybridized carbons (Fsp3) is 0.333. The Morgan fingerprint density at radius 2 is 1.55 bits per heavy atom. The van der Waals surface area contributed by atoms with Crippen molar-refractivity contribution < 1.29 is 0 Å². The van der Waals surface area contributed by atoms with Crippen molar-refractivity contribution in [2.24, 2.45) is 0 Å². The lowest BCUT2D eigenvalue weighted by Crippen LogP contribution is -2.12. The Labute approximate surface area is 122 Å². The van der Waals surface area contributed by atoms with Crippen molar-refractivity contribution >= 4 is 5.69 Å². The molecule has 2 rings (SSSR count). The van der Waals surface area contributed by atoms with Crippen molar-refractivity contribution in [2.75, 3.05) is 19.4 Å². The van der Waals surface area contributed by atoms with E-state index in [4.69, 9.17) is 0 Å². The van der Waals surface area contributed by atoms with E-state index in [1.165, 1.54) is 22.4 Å². The molecule has 106 valence electrons. The van der Waals surface area contributed by atoms with Crippen LogP contribution in [0.4, 0.5) is 5.69 Å². The fourth-order valence-corrected chi connectivity index (χ4v) is 2.26. The van der Waals surface area contributed by atoms with Crippen LogP contribution in [0.2, 0.25) is 0 Å². The van der Waals surface area contributed by atoms with Gasteiger partial charge in [0.05, 0.1) is 0 Å². The van der Waals surface area contributed by atoms with Crippen LogP contribution in [0.5, 0.6) is 0 Å². The second-order valence-electron chi connectivity index (χ2n) is 5.42. The highest BCUT2D eigenvalue weighted by molar-refractivity contribution is 5.51. The van der Waals surface area contributed by atoms with Crippen LogP contribution in [-0.4, -0.2) is 19.0 Å². The van der Waals surface area contributed by atoms with E-state index in [0.717, 1.165) is 19.5 Å². The number of hydrogen-bond donors (Lipinski definition) is 1. The van der Waals surface area contributed by atoms with E-state index in [1.807, 2.05) is 0 Å². The molecule has 1 N–H and O–H groups in total. The molecular weight excluding hydrogens is 244 g/mol. The predicted molar refractivity (Wildman–Crippen MR) is 87.0 cm³/mol. The standard InChI is InChI=1S/C18H24N2/c1-4-15-9-11-16(12-10-15)13-19-18-8-6-5-7-17(18)14-20(2)3/h5-12,19H,4,13-14H2,1-3H3. The molecule has 2 heteroatoms. The SMILES string of the molecule is CCc1ccc(CNc2ccccc2CN(C)C)cc1. The van der Waals surface area contributed by atoms with Gasteiger partial charge in [0, 0.05) is 18.8 Å². The normalized spacial score (nSPS) is 10.8. The molecule has 0 saturated heterocycles. The van der Waals surface area contributed by atoms with E-state index in [9.17, 15) is 0 Å². The molecule has 2 aromatic carbocycles. The summed E-state index contributed by atoms with van der Waals surface area (Å²) in [6.07, 6.45) is 1.10. The number of aryl methyl sites for hydroxylation is 1. The second-order valence-corrected chi connectivity index (χ2v) is 5.42. The molecule has 0 amide bonds. The molecular formula is C18H24N2. The summed E-state index contributed by atoms with van der Waals surface area (Å²) in [5.74, 6) is 0. The van der Waals surface area contributed by atoms with Gasteiger partial charge in [0.1, 0.15) is 0 Å². The maximum Gasteiger partial charge on any atom is 0.0400 e. The summed E-state index contributed by atoms with van der Waals surface area (Å²) < 4.78 is 0. The summed E-state index contributed by atoms with van der Waals surface area (Å²) >= 11 is 0. The summed E-state index contributed by atoms with van der Waals surface area (Å²) in [6, 6.07) is 17.4. The molecule has 0 aliphatic heterocycles. The van der Waals surface area contributed by atoms with Gasteiger partial charge in [-0.25, -0.2) is 0 Å². The first-order valence-corrected chi connectivity index (χ1v) is 7.23. The van der Waals surface area contributed by atoms with Crippen LogP contribution in [0.1, 0.15) is 23.6 Å². The number of nitrogens with one attached hydrogen (secondary N) is 1. The Balaban J connectivity index is 2.02. The van der Waals surface area contributed by atoms with Crippen molar-refractivity contribution in [3.05, 3.63) is 65.2 Å². The van der Waals surface area contributed by atoms with E-state index in [-0.39, 0.29) is 0 Å². The van der Waals surface area contributed by atoms with Gasteiger partial charge >= 0.3 is 0 Å². The number of rotatable bonds is 6. The van der Waals surface area contributed by atoms with Crippen LogP contribution in [0.25, 0.3) is 0 Å². The minimum absolute atomic E-state index is 0.869. The van der Waals surface area contributed by atoms with Gasteiger partial charge in [-0.2, -0.15) is 0 Å². The average molecular weight is 268 g/mol. The molecule has 20 heavy (non-hydrogen) atoms. The monoisotopic (exact) mass is 268 g/mol. The van der Waals surface area contributed by atoms with E-state index in [2.05, 4.69) is 79.8 Å². The minimum atomic E-state index is 0.869. The van der Waals surface area contributed by atoms with Gasteiger partial charge in [0.15, 0.2) is 0 Å². The third kappa shape index (κ3) is 4.10. The van der Waals surface area contributed by atoms with Crippen LogP contribution < -0.4 is 5.32 Å². The highest BCUT2D eigenvalue weighted by Crippen LogP contribution is 2.17. The number of anilines is 1. The molecule has 0 radical (unpaired) electrons. The smallest absolute Gasteiger partial charge is 0.0400 e. The lowest BCUT2D eigenvalue weighted by atomic mass is 10.1. The Kier molecular flexibility index (Phi) is 5.19. The molecule has 0 aliphatic rings. The van der Waals surface area contributed by atoms with Crippen LogP contribution in [-0.2, 0) is 19.5 Å². The zero-order valence-electron chi connectivity index (χ0n) is 12.7. The van der Waals surface area contributed by atoms with Gasteiger partial charge in [-0.3, -0.25) is 0 Å². The second kappa shape index (κ2) is 7.11. The number of nitrogens with zero attached hydrogens (tertiary/aromatic N) is 1. The zero-order valence-corrected chi connectivity index (χ0v) is 12.7. The molecule has 2 nitrogen and oxygen atoms in total. The van der Waals surface area contributed by atoms with Gasteiger partial charge < -0.3 is 10.2 Å². The summed E-state index contributed by atoms with van der Waals surface area (Å²) in [5.41, 5.74) is 5.27. The van der Waals surface area contributed by atoms with Crippen molar-refractivity contribution in [2.45, 2.75) is 26.4 Å². The summed E-state index contributed by atoms with van der Waals surface area (Å²) in [7, 11) is 4.19. The van der Waals surface area contributed by atoms with Crippen LogP contribution in [0.15, 0.2) is 48.5 Å². The lowest BCUT2D eigenvalue weighted by Gasteiger charge is -2.15. The maximum absolute atomic E-state index is 3.55. The van der Waals surface area contributed by atoms with Crippen LogP contribution in [0, 0.1) is 0 Å². The first-order chi connectivity index (χ1) is 9.69. The van der Waals surface area contributed by atoms with Crippen LogP contribution in [0.3, 0.4) is 0 Å². The highest BCUT2D eigenvalue weighted by Gasteiger charge is 2.02. The van der Waals surface area contributed by atoms with E-state index < -0.39 is 0 Å². The molecule has 0 saturated carbocycles. The summed E-state index contributed by atoms with van der Waals surface area (Å²) in [5, 5.41) is 3.55. The maximum atomic E-state index is 3.55. The molecule has 0 atom stereocenters. The first-order valence-electron chi connectivity index (χ1n) is 7.23. The molecule has 0 unspecified atom stereocenters. The third-order valence-electron chi connectivity index (χ3n) is 3.42. The Hall–Kier alpha value is -1.80. The molecule has 0 aromatic heterocycles. The highest BCUT2D eigenvalue weighted by atomic mass is 15.1. The molecule has 0 spiro atoms. The number of hydrogen-bond acceptors (Lipinski definition) is 2. The van der Waals surface area contributed by atoms with Gasteiger partial charge in [0.2, 0.25) is 0 Å².